The lowest BCUT2D eigenvalue weighted by Crippen LogP contribution is -2.27. The first kappa shape index (κ1) is 17.5. The van der Waals surface area contributed by atoms with E-state index in [1.54, 1.807) is 7.11 Å². The molecule has 0 saturated carbocycles. The number of benzene rings is 2. The Bertz CT molecular complexity index is 735. The van der Waals surface area contributed by atoms with E-state index in [9.17, 15) is 4.79 Å². The minimum Gasteiger partial charge on any atom is -0.496 e. The van der Waals surface area contributed by atoms with Crippen molar-refractivity contribution < 1.29 is 19.0 Å². The van der Waals surface area contributed by atoms with E-state index in [1.807, 2.05) is 42.5 Å². The van der Waals surface area contributed by atoms with E-state index < -0.39 is 0 Å². The maximum Gasteiger partial charge on any atom is 0.230 e. The summed E-state index contributed by atoms with van der Waals surface area (Å²) in [6.07, 6.45) is 0.741. The van der Waals surface area contributed by atoms with E-state index in [4.69, 9.17) is 14.2 Å². The maximum absolute atomic E-state index is 12.0. The van der Waals surface area contributed by atoms with E-state index >= 15 is 0 Å². The van der Waals surface area contributed by atoms with Crippen molar-refractivity contribution in [2.75, 3.05) is 32.6 Å². The Hall–Kier alpha value is -2.34. The summed E-state index contributed by atoms with van der Waals surface area (Å²) in [7, 11) is 1.65. The van der Waals surface area contributed by atoms with Crippen molar-refractivity contribution in [1.82, 2.24) is 5.32 Å². The number of hydrogen-bond acceptors (Lipinski definition) is 5. The Morgan fingerprint density at radius 2 is 1.96 bits per heavy atom. The lowest BCUT2D eigenvalue weighted by atomic mass is 10.1. The summed E-state index contributed by atoms with van der Waals surface area (Å²) in [5, 5.41) is 2.94. The molecule has 0 saturated heterocycles. The van der Waals surface area contributed by atoms with Crippen molar-refractivity contribution in [2.24, 2.45) is 0 Å². The van der Waals surface area contributed by atoms with E-state index in [0.29, 0.717) is 25.5 Å². The number of nitrogens with one attached hydrogen (secondary N) is 1. The van der Waals surface area contributed by atoms with Crippen LogP contribution in [0.15, 0.2) is 47.4 Å². The van der Waals surface area contributed by atoms with Gasteiger partial charge in [0.1, 0.15) is 19.0 Å². The van der Waals surface area contributed by atoms with Gasteiger partial charge < -0.3 is 19.5 Å². The van der Waals surface area contributed by atoms with Crippen LogP contribution in [-0.4, -0.2) is 38.5 Å². The van der Waals surface area contributed by atoms with Crippen LogP contribution in [0, 0.1) is 0 Å². The molecule has 1 amide bonds. The molecule has 0 fully saturated rings. The van der Waals surface area contributed by atoms with Crippen molar-refractivity contribution >= 4 is 17.7 Å². The number of ether oxygens (including phenoxy) is 3. The predicted octanol–water partition coefficient (Wildman–Crippen LogP) is 2.92. The molecule has 0 atom stereocenters. The third-order valence-corrected chi connectivity index (χ3v) is 4.79. The molecule has 5 nitrogen and oxygen atoms in total. The van der Waals surface area contributed by atoms with Gasteiger partial charge in [-0.3, -0.25) is 4.79 Å². The standard InChI is InChI=1S/C19H21NO4S/c1-22-16-5-3-2-4-14(16)8-9-20-19(21)13-25-15-6-7-17-18(12-15)24-11-10-23-17/h2-7,12H,8-11,13H2,1H3,(H,20,21). The van der Waals surface area contributed by atoms with Gasteiger partial charge in [0.05, 0.1) is 12.9 Å². The summed E-state index contributed by atoms with van der Waals surface area (Å²) in [5.41, 5.74) is 1.09. The lowest BCUT2D eigenvalue weighted by Gasteiger charge is -2.18. The van der Waals surface area contributed by atoms with Crippen molar-refractivity contribution in [1.29, 1.82) is 0 Å². The van der Waals surface area contributed by atoms with Gasteiger partial charge in [0.25, 0.3) is 0 Å². The summed E-state index contributed by atoms with van der Waals surface area (Å²) in [6, 6.07) is 13.6. The molecular weight excluding hydrogens is 338 g/mol. The van der Waals surface area contributed by atoms with Gasteiger partial charge in [0, 0.05) is 11.4 Å². The molecule has 6 heteroatoms. The molecule has 0 radical (unpaired) electrons. The highest BCUT2D eigenvalue weighted by molar-refractivity contribution is 8.00. The Morgan fingerprint density at radius 3 is 2.80 bits per heavy atom. The third-order valence-electron chi connectivity index (χ3n) is 3.79. The van der Waals surface area contributed by atoms with Crippen LogP contribution in [0.5, 0.6) is 17.2 Å². The van der Waals surface area contributed by atoms with Crippen molar-refractivity contribution in [3.05, 3.63) is 48.0 Å². The smallest absolute Gasteiger partial charge is 0.230 e. The minimum atomic E-state index is 0.00906. The molecule has 1 N–H and O–H groups in total. The summed E-state index contributed by atoms with van der Waals surface area (Å²) < 4.78 is 16.4. The molecule has 2 aromatic rings. The SMILES string of the molecule is COc1ccccc1CCNC(=O)CSc1ccc2c(c1)OCCO2. The highest BCUT2D eigenvalue weighted by atomic mass is 32.2. The molecule has 132 valence electrons. The monoisotopic (exact) mass is 359 g/mol. The Kier molecular flexibility index (Phi) is 6.06. The average Bonchev–Trinajstić information content (AvgIpc) is 2.66. The van der Waals surface area contributed by atoms with Gasteiger partial charge >= 0.3 is 0 Å². The van der Waals surface area contributed by atoms with E-state index in [0.717, 1.165) is 34.1 Å². The molecular formula is C19H21NO4S. The molecule has 25 heavy (non-hydrogen) atoms. The zero-order valence-corrected chi connectivity index (χ0v) is 14.9. The van der Waals surface area contributed by atoms with Crippen molar-refractivity contribution in [2.45, 2.75) is 11.3 Å². The fourth-order valence-corrected chi connectivity index (χ4v) is 3.31. The summed E-state index contributed by atoms with van der Waals surface area (Å²) in [6.45, 7) is 1.72. The molecule has 0 aromatic heterocycles. The first-order chi connectivity index (χ1) is 12.3. The lowest BCUT2D eigenvalue weighted by molar-refractivity contribution is -0.118. The molecule has 1 heterocycles. The first-order valence-corrected chi connectivity index (χ1v) is 9.16. The number of para-hydroxylation sites is 1. The molecule has 0 bridgehead atoms. The Morgan fingerprint density at radius 1 is 1.16 bits per heavy atom. The number of carbonyl (C=O) groups is 1. The van der Waals surface area contributed by atoms with E-state index in [1.165, 1.54) is 11.8 Å². The van der Waals surface area contributed by atoms with E-state index in [-0.39, 0.29) is 5.91 Å². The van der Waals surface area contributed by atoms with Gasteiger partial charge in [-0.2, -0.15) is 0 Å². The van der Waals surface area contributed by atoms with Gasteiger partial charge in [-0.1, -0.05) is 18.2 Å². The fraction of sp³-hybridized carbons (Fsp3) is 0.316. The van der Waals surface area contributed by atoms with Crippen LogP contribution in [0.2, 0.25) is 0 Å². The maximum atomic E-state index is 12.0. The molecule has 0 spiro atoms. The molecule has 0 unspecified atom stereocenters. The zero-order valence-electron chi connectivity index (χ0n) is 14.1. The number of carbonyl (C=O) groups excluding carboxylic acids is 1. The normalized spacial score (nSPS) is 12.5. The number of rotatable bonds is 7. The largest absolute Gasteiger partial charge is 0.496 e. The van der Waals surface area contributed by atoms with Crippen LogP contribution < -0.4 is 19.5 Å². The average molecular weight is 359 g/mol. The van der Waals surface area contributed by atoms with Crippen LogP contribution >= 0.6 is 11.8 Å². The summed E-state index contributed by atoms with van der Waals surface area (Å²) >= 11 is 1.48. The van der Waals surface area contributed by atoms with Gasteiger partial charge in [-0.05, 0) is 36.2 Å². The van der Waals surface area contributed by atoms with Gasteiger partial charge in [0.15, 0.2) is 11.5 Å². The van der Waals surface area contributed by atoms with Gasteiger partial charge in [-0.25, -0.2) is 0 Å². The number of fused-ring (bicyclic) bond motifs is 1. The number of thioether (sulfide) groups is 1. The highest BCUT2D eigenvalue weighted by Crippen LogP contribution is 2.34. The van der Waals surface area contributed by atoms with E-state index in [2.05, 4.69) is 5.32 Å². The molecule has 1 aliphatic heterocycles. The second-order valence-corrected chi connectivity index (χ2v) is 6.55. The predicted molar refractivity (Wildman–Crippen MR) is 97.9 cm³/mol. The number of amides is 1. The van der Waals surface area contributed by atoms with Crippen LogP contribution in [0.25, 0.3) is 0 Å². The minimum absolute atomic E-state index is 0.00906. The third kappa shape index (κ3) is 4.82. The zero-order chi connectivity index (χ0) is 17.5. The number of methoxy groups -OCH3 is 1. The molecule has 0 aliphatic carbocycles. The molecule has 1 aliphatic rings. The number of hydrogen-bond donors (Lipinski definition) is 1. The summed E-state index contributed by atoms with van der Waals surface area (Å²) in [4.78, 5) is 13.0. The van der Waals surface area contributed by atoms with Crippen LogP contribution in [0.4, 0.5) is 0 Å². The van der Waals surface area contributed by atoms with Crippen LogP contribution in [0.3, 0.4) is 0 Å². The van der Waals surface area contributed by atoms with Gasteiger partial charge in [0.2, 0.25) is 5.91 Å². The Balaban J connectivity index is 1.44. The second kappa shape index (κ2) is 8.67. The highest BCUT2D eigenvalue weighted by Gasteiger charge is 2.12. The van der Waals surface area contributed by atoms with Gasteiger partial charge in [-0.15, -0.1) is 11.8 Å². The van der Waals surface area contributed by atoms with Crippen LogP contribution in [-0.2, 0) is 11.2 Å². The topological polar surface area (TPSA) is 56.8 Å². The van der Waals surface area contributed by atoms with Crippen molar-refractivity contribution in [3.63, 3.8) is 0 Å². The quantitative estimate of drug-likeness (QED) is 0.771. The Labute approximate surface area is 151 Å². The molecule has 2 aromatic carbocycles. The molecule has 3 rings (SSSR count). The van der Waals surface area contributed by atoms with Crippen LogP contribution in [0.1, 0.15) is 5.56 Å². The second-order valence-electron chi connectivity index (χ2n) is 5.51. The summed E-state index contributed by atoms with van der Waals surface area (Å²) in [5.74, 6) is 2.73. The first-order valence-electron chi connectivity index (χ1n) is 8.17. The van der Waals surface area contributed by atoms with Crippen molar-refractivity contribution in [3.8, 4) is 17.2 Å². The fourth-order valence-electron chi connectivity index (χ4n) is 2.56.